The monoisotopic (exact) mass is 372 g/mol. The summed E-state index contributed by atoms with van der Waals surface area (Å²) in [5.74, 6) is -2.66. The molecule has 0 bridgehead atoms. The number of hydrogen-bond acceptors (Lipinski definition) is 5. The summed E-state index contributed by atoms with van der Waals surface area (Å²) in [5.41, 5.74) is -1.15. The Hall–Kier alpha value is -2.07. The summed E-state index contributed by atoms with van der Waals surface area (Å²) in [6.07, 6.45) is 3.02. The van der Waals surface area contributed by atoms with Crippen LogP contribution in [-0.2, 0) is 14.8 Å². The van der Waals surface area contributed by atoms with Gasteiger partial charge in [-0.15, -0.1) is 0 Å². The van der Waals surface area contributed by atoms with Crippen molar-refractivity contribution in [2.45, 2.75) is 49.1 Å². The SMILES string of the molecule is O=C(O)C1CC2CCCCC2N1S(=O)(=O)c1cccc(F)c1[N+](=O)[O-]. The van der Waals surface area contributed by atoms with Crippen LogP contribution >= 0.6 is 0 Å². The van der Waals surface area contributed by atoms with Crippen LogP contribution in [0.5, 0.6) is 0 Å². The molecule has 0 aromatic heterocycles. The Morgan fingerprint density at radius 3 is 2.64 bits per heavy atom. The van der Waals surface area contributed by atoms with Gasteiger partial charge < -0.3 is 5.11 Å². The molecule has 3 unspecified atom stereocenters. The Kier molecular flexibility index (Phi) is 4.50. The number of benzene rings is 1. The fraction of sp³-hybridized carbons (Fsp3) is 0.533. The summed E-state index contributed by atoms with van der Waals surface area (Å²) in [6, 6.07) is 1.01. The van der Waals surface area contributed by atoms with Crippen molar-refractivity contribution in [3.05, 3.63) is 34.1 Å². The molecule has 3 atom stereocenters. The fourth-order valence-electron chi connectivity index (χ4n) is 3.97. The molecule has 0 spiro atoms. The van der Waals surface area contributed by atoms with Crippen LogP contribution in [0.4, 0.5) is 10.1 Å². The van der Waals surface area contributed by atoms with E-state index in [9.17, 15) is 32.8 Å². The van der Waals surface area contributed by atoms with Gasteiger partial charge in [-0.1, -0.05) is 18.9 Å². The predicted molar refractivity (Wildman–Crippen MR) is 83.9 cm³/mol. The zero-order valence-electron chi connectivity index (χ0n) is 13.2. The molecule has 0 radical (unpaired) electrons. The number of para-hydroxylation sites is 1. The average molecular weight is 372 g/mol. The summed E-state index contributed by atoms with van der Waals surface area (Å²) >= 11 is 0. The van der Waals surface area contributed by atoms with Gasteiger partial charge in [0.1, 0.15) is 6.04 Å². The highest BCUT2D eigenvalue weighted by atomic mass is 32.2. The minimum atomic E-state index is -4.53. The van der Waals surface area contributed by atoms with E-state index >= 15 is 0 Å². The maximum absolute atomic E-state index is 13.9. The summed E-state index contributed by atoms with van der Waals surface area (Å²) in [4.78, 5) is 20.9. The molecule has 1 N–H and O–H groups in total. The van der Waals surface area contributed by atoms with E-state index in [1.54, 1.807) is 0 Å². The number of carboxylic acid groups (broad SMARTS) is 1. The normalized spacial score (nSPS) is 27.0. The maximum atomic E-state index is 13.9. The minimum absolute atomic E-state index is 0.0998. The van der Waals surface area contributed by atoms with Crippen molar-refractivity contribution in [1.82, 2.24) is 4.31 Å². The molecule has 25 heavy (non-hydrogen) atoms. The maximum Gasteiger partial charge on any atom is 0.324 e. The lowest BCUT2D eigenvalue weighted by Crippen LogP contribution is -2.46. The number of nitro benzene ring substituents is 1. The van der Waals surface area contributed by atoms with E-state index in [-0.39, 0.29) is 12.3 Å². The van der Waals surface area contributed by atoms with Crippen molar-refractivity contribution in [2.75, 3.05) is 0 Å². The predicted octanol–water partition coefficient (Wildman–Crippen LogP) is 2.14. The highest BCUT2D eigenvalue weighted by Gasteiger charge is 2.52. The Labute approximate surface area is 143 Å². The van der Waals surface area contributed by atoms with Crippen LogP contribution < -0.4 is 0 Å². The van der Waals surface area contributed by atoms with Gasteiger partial charge in [0, 0.05) is 6.04 Å². The number of sulfonamides is 1. The van der Waals surface area contributed by atoms with Gasteiger partial charge >= 0.3 is 11.7 Å². The van der Waals surface area contributed by atoms with Gasteiger partial charge in [-0.2, -0.15) is 8.70 Å². The van der Waals surface area contributed by atoms with E-state index in [0.717, 1.165) is 35.3 Å². The van der Waals surface area contributed by atoms with Gasteiger partial charge in [-0.05, 0) is 37.3 Å². The van der Waals surface area contributed by atoms with Crippen LogP contribution in [0, 0.1) is 21.8 Å². The molecule has 1 aromatic rings. The topological polar surface area (TPSA) is 118 Å². The first-order valence-electron chi connectivity index (χ1n) is 7.94. The summed E-state index contributed by atoms with van der Waals surface area (Å²) < 4.78 is 40.9. The van der Waals surface area contributed by atoms with Gasteiger partial charge in [-0.3, -0.25) is 14.9 Å². The van der Waals surface area contributed by atoms with Gasteiger partial charge in [0.15, 0.2) is 4.90 Å². The molecule has 1 saturated carbocycles. The quantitative estimate of drug-likeness (QED) is 0.639. The molecule has 1 aromatic carbocycles. The zero-order valence-corrected chi connectivity index (χ0v) is 14.0. The van der Waals surface area contributed by atoms with Crippen LogP contribution in [0.1, 0.15) is 32.1 Å². The van der Waals surface area contributed by atoms with E-state index < -0.39 is 49.4 Å². The summed E-state index contributed by atoms with van der Waals surface area (Å²) in [6.45, 7) is 0. The number of halogens is 1. The molecule has 1 heterocycles. The number of nitrogens with zero attached hydrogens (tertiary/aromatic N) is 2. The molecule has 1 aliphatic carbocycles. The van der Waals surface area contributed by atoms with Crippen LogP contribution in [0.2, 0.25) is 0 Å². The molecule has 2 aliphatic rings. The number of fused-ring (bicyclic) bond motifs is 1. The van der Waals surface area contributed by atoms with E-state index in [1.807, 2.05) is 0 Å². The Balaban J connectivity index is 2.14. The lowest BCUT2D eigenvalue weighted by atomic mass is 9.85. The lowest BCUT2D eigenvalue weighted by molar-refractivity contribution is -0.390. The Bertz CT molecular complexity index is 827. The van der Waals surface area contributed by atoms with E-state index in [0.29, 0.717) is 12.8 Å². The van der Waals surface area contributed by atoms with Gasteiger partial charge in [0.2, 0.25) is 5.82 Å². The fourth-order valence-corrected chi connectivity index (χ4v) is 6.01. The summed E-state index contributed by atoms with van der Waals surface area (Å²) in [7, 11) is -4.53. The van der Waals surface area contributed by atoms with E-state index in [1.165, 1.54) is 0 Å². The van der Waals surface area contributed by atoms with Crippen molar-refractivity contribution < 1.29 is 27.6 Å². The molecular weight excluding hydrogens is 355 g/mol. The highest BCUT2D eigenvalue weighted by molar-refractivity contribution is 7.89. The van der Waals surface area contributed by atoms with Gasteiger partial charge in [0.05, 0.1) is 4.92 Å². The number of rotatable bonds is 4. The number of carbonyl (C=O) groups is 1. The number of aliphatic carboxylic acids is 1. The first-order chi connectivity index (χ1) is 11.7. The third kappa shape index (κ3) is 2.89. The van der Waals surface area contributed by atoms with Crippen molar-refractivity contribution in [1.29, 1.82) is 0 Å². The number of hydrogen-bond donors (Lipinski definition) is 1. The van der Waals surface area contributed by atoms with Crippen molar-refractivity contribution in [3.8, 4) is 0 Å². The van der Waals surface area contributed by atoms with Gasteiger partial charge in [0.25, 0.3) is 10.0 Å². The Morgan fingerprint density at radius 2 is 2.00 bits per heavy atom. The molecule has 136 valence electrons. The summed E-state index contributed by atoms with van der Waals surface area (Å²) in [5, 5.41) is 20.6. The molecule has 0 amide bonds. The standard InChI is InChI=1S/C15H17FN2O6S/c16-10-5-3-7-13(14(10)18(21)22)25(23,24)17-11-6-2-1-4-9(11)8-12(17)15(19)20/h3,5,7,9,11-12H,1-2,4,6,8H2,(H,19,20). The van der Waals surface area contributed by atoms with Crippen LogP contribution in [0.3, 0.4) is 0 Å². The second-order valence-corrected chi connectivity index (χ2v) is 8.19. The Morgan fingerprint density at radius 1 is 1.32 bits per heavy atom. The van der Waals surface area contributed by atoms with E-state index in [2.05, 4.69) is 0 Å². The smallest absolute Gasteiger partial charge is 0.324 e. The van der Waals surface area contributed by atoms with Crippen molar-refractivity contribution >= 4 is 21.7 Å². The van der Waals surface area contributed by atoms with Crippen molar-refractivity contribution in [3.63, 3.8) is 0 Å². The van der Waals surface area contributed by atoms with E-state index in [4.69, 9.17) is 0 Å². The molecule has 8 nitrogen and oxygen atoms in total. The largest absolute Gasteiger partial charge is 0.480 e. The molecule has 1 aliphatic heterocycles. The third-order valence-electron chi connectivity index (χ3n) is 5.00. The molecule has 1 saturated heterocycles. The zero-order chi connectivity index (χ0) is 18.4. The number of nitro groups is 1. The third-order valence-corrected chi connectivity index (χ3v) is 6.97. The van der Waals surface area contributed by atoms with Crippen LogP contribution in [0.15, 0.2) is 23.1 Å². The molecule has 2 fully saturated rings. The molecular formula is C15H17FN2O6S. The second-order valence-electron chi connectivity index (χ2n) is 6.38. The molecule has 3 rings (SSSR count). The average Bonchev–Trinajstić information content (AvgIpc) is 2.94. The second kappa shape index (κ2) is 6.34. The number of carboxylic acids is 1. The highest BCUT2D eigenvalue weighted by Crippen LogP contribution is 2.44. The van der Waals surface area contributed by atoms with Gasteiger partial charge in [-0.25, -0.2) is 8.42 Å². The lowest BCUT2D eigenvalue weighted by Gasteiger charge is -2.31. The van der Waals surface area contributed by atoms with Crippen LogP contribution in [0.25, 0.3) is 0 Å². The van der Waals surface area contributed by atoms with Crippen LogP contribution in [-0.4, -0.2) is 40.8 Å². The first kappa shape index (κ1) is 17.7. The van der Waals surface area contributed by atoms with Crippen molar-refractivity contribution in [2.24, 2.45) is 5.92 Å². The molecule has 10 heteroatoms. The minimum Gasteiger partial charge on any atom is -0.480 e. The first-order valence-corrected chi connectivity index (χ1v) is 9.38.